The summed E-state index contributed by atoms with van der Waals surface area (Å²) in [7, 11) is 1.98. The van der Waals surface area contributed by atoms with Crippen LogP contribution in [0.25, 0.3) is 11.2 Å². The van der Waals surface area contributed by atoms with Crippen LogP contribution in [0.1, 0.15) is 52.7 Å². The van der Waals surface area contributed by atoms with E-state index in [-0.39, 0.29) is 5.54 Å². The Hall–Kier alpha value is -1.52. The van der Waals surface area contributed by atoms with Crippen molar-refractivity contribution in [1.82, 2.24) is 19.3 Å². The number of aromatic nitrogens is 4. The Morgan fingerprint density at radius 3 is 2.16 bits per heavy atom. The van der Waals surface area contributed by atoms with Gasteiger partial charge in [-0.15, -0.1) is 0 Å². The molecule has 5 heteroatoms. The molecule has 0 fully saturated rings. The van der Waals surface area contributed by atoms with Crippen LogP contribution in [0.3, 0.4) is 0 Å². The van der Waals surface area contributed by atoms with E-state index in [1.807, 2.05) is 11.7 Å². The van der Waals surface area contributed by atoms with Crippen molar-refractivity contribution in [3.8, 4) is 0 Å². The molecule has 0 unspecified atom stereocenters. The van der Waals surface area contributed by atoms with Crippen LogP contribution in [0.4, 0.5) is 5.95 Å². The van der Waals surface area contributed by atoms with Crippen LogP contribution < -0.4 is 5.73 Å². The lowest BCUT2D eigenvalue weighted by Gasteiger charge is -2.33. The Labute approximate surface area is 114 Å². The van der Waals surface area contributed by atoms with Crippen LogP contribution in [-0.4, -0.2) is 19.3 Å². The molecule has 0 aromatic carbocycles. The highest BCUT2D eigenvalue weighted by molar-refractivity contribution is 5.78. The van der Waals surface area contributed by atoms with Crippen molar-refractivity contribution in [3.63, 3.8) is 0 Å². The van der Waals surface area contributed by atoms with Gasteiger partial charge in [0.1, 0.15) is 5.52 Å². The van der Waals surface area contributed by atoms with Crippen LogP contribution >= 0.6 is 0 Å². The van der Waals surface area contributed by atoms with Gasteiger partial charge in [0, 0.05) is 12.6 Å². The molecular formula is C14H25N5. The number of fused-ring (bicyclic) bond motifs is 1. The van der Waals surface area contributed by atoms with E-state index in [1.54, 1.807) is 0 Å². The highest BCUT2D eigenvalue weighted by Crippen LogP contribution is 2.35. The van der Waals surface area contributed by atoms with Crippen LogP contribution in [0.15, 0.2) is 0 Å². The molecule has 0 bridgehead atoms. The number of rotatable bonds is 5. The van der Waals surface area contributed by atoms with E-state index < -0.39 is 0 Å². The molecule has 0 saturated heterocycles. The standard InChI is InChI=1S/C14H25N5/c1-6-10-11-12(18(5)17-10)19(13(15)16-11)14(7-2,8-3)9-4/h6-9H2,1-5H3,(H2,15,16). The van der Waals surface area contributed by atoms with Gasteiger partial charge in [0.2, 0.25) is 5.95 Å². The van der Waals surface area contributed by atoms with Gasteiger partial charge >= 0.3 is 0 Å². The van der Waals surface area contributed by atoms with Gasteiger partial charge in [0.25, 0.3) is 0 Å². The summed E-state index contributed by atoms with van der Waals surface area (Å²) in [5, 5.41) is 4.56. The third-order valence-electron chi connectivity index (χ3n) is 4.51. The van der Waals surface area contributed by atoms with Gasteiger partial charge < -0.3 is 5.73 Å². The fourth-order valence-electron chi connectivity index (χ4n) is 3.13. The summed E-state index contributed by atoms with van der Waals surface area (Å²) in [4.78, 5) is 4.57. The maximum absolute atomic E-state index is 6.21. The van der Waals surface area contributed by atoms with E-state index in [0.717, 1.165) is 42.5 Å². The summed E-state index contributed by atoms with van der Waals surface area (Å²) in [6.45, 7) is 8.75. The van der Waals surface area contributed by atoms with Crippen LogP contribution in [0.5, 0.6) is 0 Å². The van der Waals surface area contributed by atoms with Crippen molar-refractivity contribution >= 4 is 17.1 Å². The first kappa shape index (κ1) is 13.9. The zero-order valence-corrected chi connectivity index (χ0v) is 12.7. The summed E-state index contributed by atoms with van der Waals surface area (Å²) in [5.74, 6) is 0.614. The third-order valence-corrected chi connectivity index (χ3v) is 4.51. The molecule has 2 aromatic heterocycles. The van der Waals surface area contributed by atoms with Crippen molar-refractivity contribution < 1.29 is 0 Å². The normalized spacial score (nSPS) is 12.5. The topological polar surface area (TPSA) is 61.7 Å². The van der Waals surface area contributed by atoms with E-state index in [2.05, 4.69) is 42.3 Å². The van der Waals surface area contributed by atoms with Gasteiger partial charge in [0.15, 0.2) is 5.65 Å². The minimum atomic E-state index is 0.0393. The Morgan fingerprint density at radius 2 is 1.68 bits per heavy atom. The second-order valence-corrected chi connectivity index (χ2v) is 5.19. The lowest BCUT2D eigenvalue weighted by atomic mass is 9.89. The molecule has 2 heterocycles. The Kier molecular flexibility index (Phi) is 3.56. The molecular weight excluding hydrogens is 238 g/mol. The molecule has 2 rings (SSSR count). The van der Waals surface area contributed by atoms with Crippen molar-refractivity contribution in [2.75, 3.05) is 5.73 Å². The van der Waals surface area contributed by atoms with E-state index in [0.29, 0.717) is 5.95 Å². The smallest absolute Gasteiger partial charge is 0.203 e. The number of hydrogen-bond donors (Lipinski definition) is 1. The lowest BCUT2D eigenvalue weighted by molar-refractivity contribution is 0.259. The van der Waals surface area contributed by atoms with Gasteiger partial charge in [-0.2, -0.15) is 5.10 Å². The molecule has 0 aliphatic heterocycles. The van der Waals surface area contributed by atoms with Crippen LogP contribution in [-0.2, 0) is 19.0 Å². The average molecular weight is 263 g/mol. The van der Waals surface area contributed by atoms with Gasteiger partial charge in [-0.05, 0) is 25.7 Å². The lowest BCUT2D eigenvalue weighted by Crippen LogP contribution is -2.33. The predicted molar refractivity (Wildman–Crippen MR) is 79.1 cm³/mol. The van der Waals surface area contributed by atoms with Crippen molar-refractivity contribution in [2.24, 2.45) is 7.05 Å². The average Bonchev–Trinajstić information content (AvgIpc) is 2.91. The second-order valence-electron chi connectivity index (χ2n) is 5.19. The monoisotopic (exact) mass is 263 g/mol. The van der Waals surface area contributed by atoms with Crippen molar-refractivity contribution in [2.45, 2.75) is 58.9 Å². The maximum Gasteiger partial charge on any atom is 0.203 e. The number of anilines is 1. The second kappa shape index (κ2) is 4.87. The van der Waals surface area contributed by atoms with E-state index in [4.69, 9.17) is 5.73 Å². The summed E-state index contributed by atoms with van der Waals surface area (Å²) >= 11 is 0. The first-order valence-corrected chi connectivity index (χ1v) is 7.24. The fraction of sp³-hybridized carbons (Fsp3) is 0.714. The zero-order valence-electron chi connectivity index (χ0n) is 12.7. The number of hydrogen-bond acceptors (Lipinski definition) is 3. The van der Waals surface area contributed by atoms with Crippen molar-refractivity contribution in [3.05, 3.63) is 5.69 Å². The predicted octanol–water partition coefficient (Wildman–Crippen LogP) is 2.84. The maximum atomic E-state index is 6.21. The quantitative estimate of drug-likeness (QED) is 0.902. The number of nitrogens with zero attached hydrogens (tertiary/aromatic N) is 4. The minimum absolute atomic E-state index is 0.0393. The zero-order chi connectivity index (χ0) is 14.2. The van der Waals surface area contributed by atoms with E-state index in [9.17, 15) is 0 Å². The summed E-state index contributed by atoms with van der Waals surface area (Å²) in [6.07, 6.45) is 4.01. The molecule has 5 nitrogen and oxygen atoms in total. The van der Waals surface area contributed by atoms with Gasteiger partial charge in [-0.1, -0.05) is 27.7 Å². The summed E-state index contributed by atoms with van der Waals surface area (Å²) < 4.78 is 4.13. The molecule has 0 radical (unpaired) electrons. The highest BCUT2D eigenvalue weighted by Gasteiger charge is 2.32. The van der Waals surface area contributed by atoms with E-state index in [1.165, 1.54) is 0 Å². The third kappa shape index (κ3) is 1.83. The number of nitrogen functional groups attached to an aromatic ring is 1. The van der Waals surface area contributed by atoms with Gasteiger partial charge in [0.05, 0.1) is 5.69 Å². The Morgan fingerprint density at radius 1 is 1.11 bits per heavy atom. The SMILES string of the molecule is CCc1nn(C)c2c1nc(N)n2C(CC)(CC)CC. The minimum Gasteiger partial charge on any atom is -0.369 e. The number of aryl methyl sites for hydroxylation is 2. The largest absolute Gasteiger partial charge is 0.369 e. The van der Waals surface area contributed by atoms with Crippen LogP contribution in [0.2, 0.25) is 0 Å². The molecule has 0 atom stereocenters. The first-order chi connectivity index (χ1) is 9.04. The molecule has 0 aliphatic carbocycles. The molecule has 0 spiro atoms. The number of imidazole rings is 1. The van der Waals surface area contributed by atoms with Crippen molar-refractivity contribution in [1.29, 1.82) is 0 Å². The molecule has 2 N–H and O–H groups in total. The molecule has 2 aromatic rings. The molecule has 0 saturated carbocycles. The molecule has 106 valence electrons. The number of nitrogens with two attached hydrogens (primary N) is 1. The van der Waals surface area contributed by atoms with Gasteiger partial charge in [-0.25, -0.2) is 4.98 Å². The van der Waals surface area contributed by atoms with E-state index >= 15 is 0 Å². The Bertz CT molecular complexity index is 566. The highest BCUT2D eigenvalue weighted by atomic mass is 15.4. The fourth-order valence-corrected chi connectivity index (χ4v) is 3.13. The summed E-state index contributed by atoms with van der Waals surface area (Å²) in [6, 6.07) is 0. The molecule has 19 heavy (non-hydrogen) atoms. The molecule has 0 amide bonds. The first-order valence-electron chi connectivity index (χ1n) is 7.24. The Balaban J connectivity index is 2.79. The van der Waals surface area contributed by atoms with Crippen LogP contribution in [0, 0.1) is 0 Å². The van der Waals surface area contributed by atoms with Gasteiger partial charge in [-0.3, -0.25) is 9.25 Å². The molecule has 0 aliphatic rings. The summed E-state index contributed by atoms with van der Waals surface area (Å²) in [5.41, 5.74) is 9.30.